The van der Waals surface area contributed by atoms with E-state index in [1.165, 1.54) is 6.07 Å². The summed E-state index contributed by atoms with van der Waals surface area (Å²) >= 11 is 5.75. The van der Waals surface area contributed by atoms with Crippen LogP contribution in [0.4, 0.5) is 0 Å². The van der Waals surface area contributed by atoms with Crippen molar-refractivity contribution >= 4 is 23.5 Å². The van der Waals surface area contributed by atoms with Crippen LogP contribution in [-0.2, 0) is 0 Å². The van der Waals surface area contributed by atoms with Gasteiger partial charge >= 0.3 is 11.9 Å². The molecular weight excluding hydrogens is 272 g/mol. The van der Waals surface area contributed by atoms with Gasteiger partial charge in [0, 0.05) is 5.02 Å². The molecule has 0 saturated heterocycles. The highest BCUT2D eigenvalue weighted by Gasteiger charge is 2.13. The molecule has 19 heavy (non-hydrogen) atoms. The molecule has 2 rings (SSSR count). The van der Waals surface area contributed by atoms with E-state index in [9.17, 15) is 9.59 Å². The second-order valence-electron chi connectivity index (χ2n) is 3.44. The summed E-state index contributed by atoms with van der Waals surface area (Å²) < 4.78 is 5.01. The highest BCUT2D eigenvalue weighted by molar-refractivity contribution is 6.30. The molecule has 6 nitrogen and oxygen atoms in total. The third-order valence-corrected chi connectivity index (χ3v) is 2.32. The lowest BCUT2D eigenvalue weighted by Crippen LogP contribution is -2.12. The van der Waals surface area contributed by atoms with Crippen LogP contribution in [0.1, 0.15) is 21.0 Å². The molecule has 7 heteroatoms. The summed E-state index contributed by atoms with van der Waals surface area (Å²) in [5.41, 5.74) is -0.343. The number of benzene rings is 1. The van der Waals surface area contributed by atoms with Gasteiger partial charge in [0.15, 0.2) is 11.4 Å². The minimum absolute atomic E-state index is 0.0926. The molecule has 0 unspecified atom stereocenters. The van der Waals surface area contributed by atoms with Crippen LogP contribution in [0, 0.1) is 0 Å². The number of carboxylic acids is 1. The SMILES string of the molecule is O=C(O)c1cnc(C(=O)Oc2cccc(Cl)c2)cn1. The average Bonchev–Trinajstić information content (AvgIpc) is 2.39. The number of rotatable bonds is 3. The number of carboxylic acid groups (broad SMARTS) is 1. The summed E-state index contributed by atoms with van der Waals surface area (Å²) in [4.78, 5) is 29.5. The standard InChI is InChI=1S/C12H7ClN2O4/c13-7-2-1-3-8(4-7)19-12(18)10-6-14-9(5-15-10)11(16)17/h1-6H,(H,16,17). The first kappa shape index (κ1) is 13.0. The molecule has 2 aromatic rings. The van der Waals surface area contributed by atoms with Crippen LogP contribution in [0.15, 0.2) is 36.7 Å². The minimum Gasteiger partial charge on any atom is -0.476 e. The lowest BCUT2D eigenvalue weighted by molar-refractivity contribution is 0.0682. The number of esters is 1. The van der Waals surface area contributed by atoms with Gasteiger partial charge in [-0.2, -0.15) is 0 Å². The van der Waals surface area contributed by atoms with Crippen molar-refractivity contribution in [2.45, 2.75) is 0 Å². The number of carbonyl (C=O) groups excluding carboxylic acids is 1. The largest absolute Gasteiger partial charge is 0.476 e. The Hall–Kier alpha value is -2.47. The number of carbonyl (C=O) groups is 2. The second-order valence-corrected chi connectivity index (χ2v) is 3.88. The number of nitrogens with zero attached hydrogens (tertiary/aromatic N) is 2. The van der Waals surface area contributed by atoms with Crippen molar-refractivity contribution in [2.24, 2.45) is 0 Å². The fraction of sp³-hybridized carbons (Fsp3) is 0. The number of halogens is 1. The zero-order chi connectivity index (χ0) is 13.8. The van der Waals surface area contributed by atoms with Crippen molar-refractivity contribution in [3.05, 3.63) is 53.1 Å². The normalized spacial score (nSPS) is 9.95. The van der Waals surface area contributed by atoms with Gasteiger partial charge in [-0.25, -0.2) is 19.6 Å². The van der Waals surface area contributed by atoms with E-state index >= 15 is 0 Å². The summed E-state index contributed by atoms with van der Waals surface area (Å²) in [5, 5.41) is 9.08. The molecule has 0 aliphatic rings. The Labute approximate surface area is 112 Å². The molecule has 96 valence electrons. The second kappa shape index (κ2) is 5.45. The number of aromatic carboxylic acids is 1. The Kier molecular flexibility index (Phi) is 3.72. The molecule has 0 aliphatic heterocycles. The molecule has 1 N–H and O–H groups in total. The topological polar surface area (TPSA) is 89.4 Å². The van der Waals surface area contributed by atoms with E-state index in [0.717, 1.165) is 12.4 Å². The molecule has 0 radical (unpaired) electrons. The van der Waals surface area contributed by atoms with E-state index in [4.69, 9.17) is 21.4 Å². The summed E-state index contributed by atoms with van der Waals surface area (Å²) in [5.74, 6) is -1.70. The molecule has 0 aliphatic carbocycles. The minimum atomic E-state index is -1.22. The van der Waals surface area contributed by atoms with Crippen molar-refractivity contribution < 1.29 is 19.4 Å². The van der Waals surface area contributed by atoms with Gasteiger partial charge in [0.05, 0.1) is 12.4 Å². The molecule has 0 bridgehead atoms. The van der Waals surface area contributed by atoms with Crippen LogP contribution in [-0.4, -0.2) is 27.0 Å². The first-order chi connectivity index (χ1) is 9.06. The average molecular weight is 279 g/mol. The number of ether oxygens (including phenoxy) is 1. The highest BCUT2D eigenvalue weighted by Crippen LogP contribution is 2.17. The fourth-order valence-corrected chi connectivity index (χ4v) is 1.41. The smallest absolute Gasteiger partial charge is 0.363 e. The van der Waals surface area contributed by atoms with Crippen LogP contribution in [0.2, 0.25) is 5.02 Å². The lowest BCUT2D eigenvalue weighted by atomic mass is 10.3. The van der Waals surface area contributed by atoms with Crippen LogP contribution in [0.25, 0.3) is 0 Å². The van der Waals surface area contributed by atoms with Gasteiger partial charge < -0.3 is 9.84 Å². The Morgan fingerprint density at radius 1 is 1.16 bits per heavy atom. The maximum atomic E-state index is 11.7. The van der Waals surface area contributed by atoms with E-state index in [1.54, 1.807) is 18.2 Å². The molecule has 0 saturated carbocycles. The van der Waals surface area contributed by atoms with Gasteiger partial charge in [0.1, 0.15) is 5.75 Å². The number of hydrogen-bond donors (Lipinski definition) is 1. The van der Waals surface area contributed by atoms with Crippen LogP contribution in [0.3, 0.4) is 0 Å². The molecule has 0 spiro atoms. The molecule has 0 amide bonds. The van der Waals surface area contributed by atoms with Gasteiger partial charge in [-0.3, -0.25) is 0 Å². The first-order valence-corrected chi connectivity index (χ1v) is 5.47. The van der Waals surface area contributed by atoms with Crippen molar-refractivity contribution in [3.63, 3.8) is 0 Å². The van der Waals surface area contributed by atoms with Crippen molar-refractivity contribution in [1.82, 2.24) is 9.97 Å². The molecule has 0 atom stereocenters. The van der Waals surface area contributed by atoms with E-state index in [0.29, 0.717) is 5.02 Å². The Morgan fingerprint density at radius 3 is 2.42 bits per heavy atom. The predicted octanol–water partition coefficient (Wildman–Crippen LogP) is 2.05. The zero-order valence-electron chi connectivity index (χ0n) is 9.41. The van der Waals surface area contributed by atoms with Crippen molar-refractivity contribution in [1.29, 1.82) is 0 Å². The molecule has 0 fully saturated rings. The van der Waals surface area contributed by atoms with Gasteiger partial charge in [0.25, 0.3) is 0 Å². The van der Waals surface area contributed by atoms with E-state index in [2.05, 4.69) is 9.97 Å². The monoisotopic (exact) mass is 278 g/mol. The van der Waals surface area contributed by atoms with E-state index < -0.39 is 11.9 Å². The predicted molar refractivity (Wildman–Crippen MR) is 65.4 cm³/mol. The number of aromatic nitrogens is 2. The first-order valence-electron chi connectivity index (χ1n) is 5.09. The van der Waals surface area contributed by atoms with Gasteiger partial charge in [-0.15, -0.1) is 0 Å². The molecule has 1 aromatic carbocycles. The summed E-state index contributed by atoms with van der Waals surface area (Å²) in [6.45, 7) is 0. The third kappa shape index (κ3) is 3.26. The molecular formula is C12H7ClN2O4. The Bertz CT molecular complexity index is 628. The Balaban J connectivity index is 2.14. The van der Waals surface area contributed by atoms with Crippen LogP contribution >= 0.6 is 11.6 Å². The van der Waals surface area contributed by atoms with Crippen LogP contribution in [0.5, 0.6) is 5.75 Å². The van der Waals surface area contributed by atoms with Gasteiger partial charge in [-0.05, 0) is 18.2 Å². The zero-order valence-corrected chi connectivity index (χ0v) is 10.2. The quantitative estimate of drug-likeness (QED) is 0.683. The summed E-state index contributed by atoms with van der Waals surface area (Å²) in [6, 6.07) is 6.30. The van der Waals surface area contributed by atoms with E-state index in [1.807, 2.05) is 0 Å². The fourth-order valence-electron chi connectivity index (χ4n) is 1.23. The Morgan fingerprint density at radius 2 is 1.84 bits per heavy atom. The van der Waals surface area contributed by atoms with Crippen LogP contribution < -0.4 is 4.74 Å². The van der Waals surface area contributed by atoms with Crippen molar-refractivity contribution in [3.8, 4) is 5.75 Å². The van der Waals surface area contributed by atoms with Gasteiger partial charge in [0.2, 0.25) is 0 Å². The lowest BCUT2D eigenvalue weighted by Gasteiger charge is -2.03. The summed E-state index contributed by atoms with van der Waals surface area (Å²) in [6.07, 6.45) is 2.02. The number of hydrogen-bond acceptors (Lipinski definition) is 5. The van der Waals surface area contributed by atoms with Crippen molar-refractivity contribution in [2.75, 3.05) is 0 Å². The third-order valence-electron chi connectivity index (χ3n) is 2.09. The molecule has 1 aromatic heterocycles. The summed E-state index contributed by atoms with van der Waals surface area (Å²) in [7, 11) is 0. The van der Waals surface area contributed by atoms with E-state index in [-0.39, 0.29) is 17.1 Å². The highest BCUT2D eigenvalue weighted by atomic mass is 35.5. The maximum absolute atomic E-state index is 11.7. The maximum Gasteiger partial charge on any atom is 0.363 e. The molecule has 1 heterocycles. The van der Waals surface area contributed by atoms with Gasteiger partial charge in [-0.1, -0.05) is 17.7 Å².